The molecule has 0 aromatic heterocycles. The van der Waals surface area contributed by atoms with Gasteiger partial charge in [-0.15, -0.1) is 6.58 Å². The fourth-order valence-corrected chi connectivity index (χ4v) is 6.89. The normalized spacial score (nSPS) is 27.0. The van der Waals surface area contributed by atoms with E-state index in [1.165, 1.54) is 81.0 Å². The molecule has 0 radical (unpaired) electrons. The first-order valence-corrected chi connectivity index (χ1v) is 14.3. The van der Waals surface area contributed by atoms with Crippen LogP contribution in [0.25, 0.3) is 5.70 Å². The third kappa shape index (κ3) is 6.23. The number of rotatable bonds is 12. The van der Waals surface area contributed by atoms with E-state index in [0.29, 0.717) is 6.04 Å². The van der Waals surface area contributed by atoms with Crippen molar-refractivity contribution in [3.63, 3.8) is 0 Å². The summed E-state index contributed by atoms with van der Waals surface area (Å²) in [6.45, 7) is 17.2. The number of allylic oxidation sites excluding steroid dienone is 1. The Kier molecular flexibility index (Phi) is 9.16. The van der Waals surface area contributed by atoms with E-state index < -0.39 is 0 Å². The number of hydrogen-bond acceptors (Lipinski definition) is 3. The van der Waals surface area contributed by atoms with Crippen molar-refractivity contribution in [2.45, 2.75) is 96.2 Å². The summed E-state index contributed by atoms with van der Waals surface area (Å²) in [6, 6.07) is 8.09. The van der Waals surface area contributed by atoms with Gasteiger partial charge in [-0.05, 0) is 80.4 Å². The minimum absolute atomic E-state index is 0.247. The molecule has 3 unspecified atom stereocenters. The molecule has 0 amide bonds. The van der Waals surface area contributed by atoms with Crippen LogP contribution in [0.1, 0.15) is 87.8 Å². The van der Waals surface area contributed by atoms with E-state index in [1.807, 2.05) is 13.1 Å². The molecule has 3 aliphatic rings. The average Bonchev–Trinajstić information content (AvgIpc) is 3.46. The Hall–Kier alpha value is -2.00. The van der Waals surface area contributed by atoms with Gasteiger partial charge in [0.25, 0.3) is 0 Å². The molecular weight excluding hydrogens is 426 g/mol. The van der Waals surface area contributed by atoms with Crippen LogP contribution in [0, 0.1) is 17.8 Å². The van der Waals surface area contributed by atoms with Crippen LogP contribution in [0.3, 0.4) is 0 Å². The van der Waals surface area contributed by atoms with Crippen molar-refractivity contribution in [2.75, 3.05) is 13.6 Å². The zero-order valence-electron chi connectivity index (χ0n) is 22.5. The zero-order valence-corrected chi connectivity index (χ0v) is 22.5. The van der Waals surface area contributed by atoms with Crippen LogP contribution in [0.15, 0.2) is 49.7 Å². The summed E-state index contributed by atoms with van der Waals surface area (Å²) in [7, 11) is 1.97. The fourth-order valence-electron chi connectivity index (χ4n) is 6.89. The number of likely N-dealkylation sites (N-methyl/N-ethyl adjacent to an activating group) is 1. The predicted octanol–water partition coefficient (Wildman–Crippen LogP) is 7.06. The summed E-state index contributed by atoms with van der Waals surface area (Å²) in [5.41, 5.74) is 6.43. The summed E-state index contributed by atoms with van der Waals surface area (Å²) in [5, 5.41) is 7.31. The first-order chi connectivity index (χ1) is 17.0. The van der Waals surface area contributed by atoms with Crippen LogP contribution in [-0.4, -0.2) is 30.6 Å². The first kappa shape index (κ1) is 26.1. The number of nitrogens with one attached hydrogen (secondary N) is 2. The van der Waals surface area contributed by atoms with E-state index >= 15 is 0 Å². The lowest BCUT2D eigenvalue weighted by Crippen LogP contribution is -2.37. The molecule has 0 spiro atoms. The van der Waals surface area contributed by atoms with Crippen LogP contribution in [-0.2, 0) is 13.0 Å². The number of benzene rings is 1. The smallest absolute Gasteiger partial charge is 0.0688 e. The summed E-state index contributed by atoms with van der Waals surface area (Å²) < 4.78 is 0. The standard InChI is InChI=1S/C32H49N3/c1-6-8-12-32(23(3)33-5)35-22-29-20-27(17-18-30(29)24(35)4)19-28-10-9-11-31(28)34-21-26-15-13-25(7-2)14-16-26/h6,17-18,20,25-26,28,31-34H,1,3-4,7-16,19,21-22H2,2,5H3. The maximum absolute atomic E-state index is 4.47. The summed E-state index contributed by atoms with van der Waals surface area (Å²) >= 11 is 0. The Bertz CT molecular complexity index is 879. The molecular formula is C32H49N3. The Morgan fingerprint density at radius 3 is 2.63 bits per heavy atom. The van der Waals surface area contributed by atoms with E-state index in [2.05, 4.69) is 60.4 Å². The van der Waals surface area contributed by atoms with Crippen molar-refractivity contribution in [1.82, 2.24) is 15.5 Å². The lowest BCUT2D eigenvalue weighted by molar-refractivity contribution is 0.249. The van der Waals surface area contributed by atoms with Gasteiger partial charge in [0, 0.05) is 36.6 Å². The van der Waals surface area contributed by atoms with Gasteiger partial charge in [-0.25, -0.2) is 0 Å². The van der Waals surface area contributed by atoms with Gasteiger partial charge in [0.1, 0.15) is 0 Å². The molecule has 1 aromatic rings. The van der Waals surface area contributed by atoms with Gasteiger partial charge in [-0.1, -0.05) is 70.0 Å². The Balaban J connectivity index is 1.35. The van der Waals surface area contributed by atoms with Crippen molar-refractivity contribution in [3.05, 3.63) is 66.4 Å². The van der Waals surface area contributed by atoms with Crippen LogP contribution in [0.5, 0.6) is 0 Å². The molecule has 3 atom stereocenters. The van der Waals surface area contributed by atoms with Crippen molar-refractivity contribution < 1.29 is 0 Å². The van der Waals surface area contributed by atoms with Crippen LogP contribution in [0.2, 0.25) is 0 Å². The van der Waals surface area contributed by atoms with Gasteiger partial charge in [-0.2, -0.15) is 0 Å². The van der Waals surface area contributed by atoms with Crippen molar-refractivity contribution in [1.29, 1.82) is 0 Å². The monoisotopic (exact) mass is 475 g/mol. The van der Waals surface area contributed by atoms with Gasteiger partial charge in [0.05, 0.1) is 6.04 Å². The fraction of sp³-hybridized carbons (Fsp3) is 0.625. The highest BCUT2D eigenvalue weighted by molar-refractivity contribution is 5.70. The minimum Gasteiger partial charge on any atom is -0.390 e. The van der Waals surface area contributed by atoms with E-state index in [4.69, 9.17) is 0 Å². The highest BCUT2D eigenvalue weighted by Gasteiger charge is 2.31. The third-order valence-corrected chi connectivity index (χ3v) is 9.28. The maximum Gasteiger partial charge on any atom is 0.0688 e. The third-order valence-electron chi connectivity index (χ3n) is 9.28. The Morgan fingerprint density at radius 2 is 1.91 bits per heavy atom. The molecule has 35 heavy (non-hydrogen) atoms. The molecule has 1 aromatic carbocycles. The second-order valence-corrected chi connectivity index (χ2v) is 11.4. The second-order valence-electron chi connectivity index (χ2n) is 11.4. The summed E-state index contributed by atoms with van der Waals surface area (Å²) in [6.07, 6.45) is 16.4. The van der Waals surface area contributed by atoms with Crippen molar-refractivity contribution in [3.8, 4) is 0 Å². The highest BCUT2D eigenvalue weighted by atomic mass is 15.2. The molecule has 192 valence electrons. The van der Waals surface area contributed by atoms with E-state index in [1.54, 1.807) is 0 Å². The van der Waals surface area contributed by atoms with Gasteiger partial charge < -0.3 is 15.5 Å². The van der Waals surface area contributed by atoms with Crippen molar-refractivity contribution >= 4 is 5.70 Å². The number of nitrogens with zero attached hydrogens (tertiary/aromatic N) is 1. The van der Waals surface area contributed by atoms with Crippen LogP contribution in [0.4, 0.5) is 0 Å². The zero-order chi connectivity index (χ0) is 24.8. The van der Waals surface area contributed by atoms with Gasteiger partial charge >= 0.3 is 0 Å². The first-order valence-electron chi connectivity index (χ1n) is 14.3. The van der Waals surface area contributed by atoms with Gasteiger partial charge in [-0.3, -0.25) is 0 Å². The van der Waals surface area contributed by atoms with E-state index in [9.17, 15) is 0 Å². The minimum atomic E-state index is 0.247. The largest absolute Gasteiger partial charge is 0.390 e. The Morgan fingerprint density at radius 1 is 1.14 bits per heavy atom. The predicted molar refractivity (Wildman–Crippen MR) is 151 cm³/mol. The molecule has 2 fully saturated rings. The maximum atomic E-state index is 4.47. The van der Waals surface area contributed by atoms with Gasteiger partial charge in [0.15, 0.2) is 0 Å². The van der Waals surface area contributed by atoms with Gasteiger partial charge in [0.2, 0.25) is 0 Å². The topological polar surface area (TPSA) is 27.3 Å². The molecule has 1 aliphatic heterocycles. The Labute approximate surface area is 215 Å². The highest BCUT2D eigenvalue weighted by Crippen LogP contribution is 2.38. The molecule has 2 saturated carbocycles. The molecule has 0 saturated heterocycles. The lowest BCUT2D eigenvalue weighted by Gasteiger charge is -2.32. The summed E-state index contributed by atoms with van der Waals surface area (Å²) in [5.74, 6) is 2.66. The average molecular weight is 476 g/mol. The quantitative estimate of drug-likeness (QED) is 0.317. The molecule has 1 heterocycles. The second kappa shape index (κ2) is 12.3. The molecule has 3 heteroatoms. The van der Waals surface area contributed by atoms with Crippen LogP contribution < -0.4 is 10.6 Å². The molecule has 4 rings (SSSR count). The molecule has 3 nitrogen and oxygen atoms in total. The van der Waals surface area contributed by atoms with Crippen LogP contribution >= 0.6 is 0 Å². The summed E-state index contributed by atoms with van der Waals surface area (Å²) in [4.78, 5) is 2.43. The van der Waals surface area contributed by atoms with E-state index in [-0.39, 0.29) is 6.04 Å². The van der Waals surface area contributed by atoms with Crippen molar-refractivity contribution in [2.24, 2.45) is 17.8 Å². The number of hydrogen-bond donors (Lipinski definition) is 2. The lowest BCUT2D eigenvalue weighted by atomic mass is 9.80. The molecule has 2 aliphatic carbocycles. The SMILES string of the molecule is C=CCCC(C(=C)NC)N1Cc2cc(CC3CCCC3NCC3CCC(CC)CC3)ccc2C1=C. The molecule has 2 N–H and O–H groups in total. The molecule has 0 bridgehead atoms. The van der Waals surface area contributed by atoms with E-state index in [0.717, 1.165) is 48.5 Å². The number of fused-ring (bicyclic) bond motifs is 1.